The minimum Gasteiger partial charge on any atom is -0.493 e. The summed E-state index contributed by atoms with van der Waals surface area (Å²) in [4.78, 5) is 16.7. The van der Waals surface area contributed by atoms with E-state index in [9.17, 15) is 4.79 Å². The average Bonchev–Trinajstić information content (AvgIpc) is 2.85. The average molecular weight is 434 g/mol. The monoisotopic (exact) mass is 433 g/mol. The van der Waals surface area contributed by atoms with Gasteiger partial charge in [0.25, 0.3) is 0 Å². The number of ether oxygens (including phenoxy) is 3. The molecule has 0 unspecified atom stereocenters. The molecule has 166 valence electrons. The van der Waals surface area contributed by atoms with Gasteiger partial charge in [0.15, 0.2) is 17.5 Å². The lowest BCUT2D eigenvalue weighted by atomic mass is 10.1. The SMILES string of the molecule is COc1ccc(CNC(N)=NCc2cccc(C(=O)OCc3ccccc3)c2)cc1OC. The largest absolute Gasteiger partial charge is 0.493 e. The van der Waals surface area contributed by atoms with Crippen molar-refractivity contribution < 1.29 is 19.0 Å². The summed E-state index contributed by atoms with van der Waals surface area (Å²) in [5.74, 6) is 1.24. The zero-order valence-electron chi connectivity index (χ0n) is 18.2. The molecule has 0 aromatic heterocycles. The highest BCUT2D eigenvalue weighted by atomic mass is 16.5. The molecular weight excluding hydrogens is 406 g/mol. The highest BCUT2D eigenvalue weighted by Gasteiger charge is 2.08. The maximum atomic E-state index is 12.4. The number of esters is 1. The van der Waals surface area contributed by atoms with Gasteiger partial charge in [-0.2, -0.15) is 0 Å². The number of carbonyl (C=O) groups excluding carboxylic acids is 1. The van der Waals surface area contributed by atoms with Crippen molar-refractivity contribution in [2.45, 2.75) is 19.7 Å². The van der Waals surface area contributed by atoms with Gasteiger partial charge in [-0.3, -0.25) is 0 Å². The van der Waals surface area contributed by atoms with Gasteiger partial charge in [-0.1, -0.05) is 48.5 Å². The van der Waals surface area contributed by atoms with E-state index >= 15 is 0 Å². The van der Waals surface area contributed by atoms with E-state index in [2.05, 4.69) is 10.3 Å². The van der Waals surface area contributed by atoms with Crippen LogP contribution in [0, 0.1) is 0 Å². The minimum atomic E-state index is -0.376. The third-order valence-corrected chi connectivity index (χ3v) is 4.73. The number of nitrogens with two attached hydrogens (primary N) is 1. The molecule has 7 nitrogen and oxygen atoms in total. The molecule has 3 aromatic carbocycles. The third-order valence-electron chi connectivity index (χ3n) is 4.73. The summed E-state index contributed by atoms with van der Waals surface area (Å²) in [7, 11) is 3.19. The van der Waals surface area contributed by atoms with Gasteiger partial charge in [0, 0.05) is 6.54 Å². The number of aliphatic imine (C=N–C) groups is 1. The van der Waals surface area contributed by atoms with Crippen molar-refractivity contribution in [3.05, 3.63) is 95.1 Å². The van der Waals surface area contributed by atoms with Crippen LogP contribution in [-0.4, -0.2) is 26.1 Å². The van der Waals surface area contributed by atoms with Crippen molar-refractivity contribution in [1.82, 2.24) is 5.32 Å². The highest BCUT2D eigenvalue weighted by Crippen LogP contribution is 2.27. The van der Waals surface area contributed by atoms with Crippen LogP contribution in [0.25, 0.3) is 0 Å². The Morgan fingerprint density at radius 3 is 2.38 bits per heavy atom. The smallest absolute Gasteiger partial charge is 0.338 e. The van der Waals surface area contributed by atoms with Crippen molar-refractivity contribution in [1.29, 1.82) is 0 Å². The second-order valence-electron chi connectivity index (χ2n) is 7.01. The fraction of sp³-hybridized carbons (Fsp3) is 0.200. The zero-order valence-corrected chi connectivity index (χ0v) is 18.2. The first-order valence-corrected chi connectivity index (χ1v) is 10.1. The van der Waals surface area contributed by atoms with Crippen LogP contribution in [0.5, 0.6) is 11.5 Å². The summed E-state index contributed by atoms with van der Waals surface area (Å²) >= 11 is 0. The van der Waals surface area contributed by atoms with Gasteiger partial charge in [0.05, 0.1) is 26.3 Å². The summed E-state index contributed by atoms with van der Waals surface area (Å²) in [6.07, 6.45) is 0. The second kappa shape index (κ2) is 11.4. The lowest BCUT2D eigenvalue weighted by Gasteiger charge is -2.11. The molecule has 0 bridgehead atoms. The number of rotatable bonds is 9. The fourth-order valence-corrected chi connectivity index (χ4v) is 3.02. The number of nitrogens with zero attached hydrogens (tertiary/aromatic N) is 1. The van der Waals surface area contributed by atoms with Crippen LogP contribution in [0.1, 0.15) is 27.0 Å². The van der Waals surface area contributed by atoms with Gasteiger partial charge in [0.1, 0.15) is 6.61 Å². The highest BCUT2D eigenvalue weighted by molar-refractivity contribution is 5.89. The van der Waals surface area contributed by atoms with Crippen molar-refractivity contribution in [3.63, 3.8) is 0 Å². The topological polar surface area (TPSA) is 95.2 Å². The summed E-state index contributed by atoms with van der Waals surface area (Å²) < 4.78 is 15.9. The molecule has 0 aliphatic carbocycles. The fourth-order valence-electron chi connectivity index (χ4n) is 3.02. The normalized spacial score (nSPS) is 11.0. The molecule has 7 heteroatoms. The molecular formula is C25H27N3O4. The van der Waals surface area contributed by atoms with Crippen LogP contribution >= 0.6 is 0 Å². The lowest BCUT2D eigenvalue weighted by Crippen LogP contribution is -2.31. The Morgan fingerprint density at radius 2 is 1.62 bits per heavy atom. The number of carbonyl (C=O) groups is 1. The van der Waals surface area contributed by atoms with Crippen LogP contribution in [0.3, 0.4) is 0 Å². The number of methoxy groups -OCH3 is 2. The summed E-state index contributed by atoms with van der Waals surface area (Å²) in [5.41, 5.74) is 9.25. The van der Waals surface area contributed by atoms with E-state index in [1.54, 1.807) is 32.4 Å². The molecule has 0 saturated heterocycles. The van der Waals surface area contributed by atoms with Crippen LogP contribution in [0.15, 0.2) is 77.8 Å². The molecule has 32 heavy (non-hydrogen) atoms. The van der Waals surface area contributed by atoms with Crippen molar-refractivity contribution in [2.75, 3.05) is 14.2 Å². The first-order chi connectivity index (χ1) is 15.6. The Labute approximate surface area is 187 Å². The zero-order chi connectivity index (χ0) is 22.8. The van der Waals surface area contributed by atoms with Gasteiger partial charge in [0.2, 0.25) is 0 Å². The predicted molar refractivity (Wildman–Crippen MR) is 124 cm³/mol. The van der Waals surface area contributed by atoms with Gasteiger partial charge >= 0.3 is 5.97 Å². The number of guanidine groups is 1. The van der Waals surface area contributed by atoms with E-state index in [4.69, 9.17) is 19.9 Å². The van der Waals surface area contributed by atoms with E-state index in [1.807, 2.05) is 54.6 Å². The molecule has 0 radical (unpaired) electrons. The van der Waals surface area contributed by atoms with Crippen LogP contribution in [0.4, 0.5) is 0 Å². The first-order valence-electron chi connectivity index (χ1n) is 10.1. The first kappa shape index (κ1) is 22.7. The lowest BCUT2D eigenvalue weighted by molar-refractivity contribution is 0.0472. The van der Waals surface area contributed by atoms with E-state index in [0.29, 0.717) is 36.1 Å². The van der Waals surface area contributed by atoms with Gasteiger partial charge in [-0.05, 0) is 41.0 Å². The number of hydrogen-bond donors (Lipinski definition) is 2. The molecule has 0 fully saturated rings. The van der Waals surface area contributed by atoms with Gasteiger partial charge in [-0.15, -0.1) is 0 Å². The van der Waals surface area contributed by atoms with E-state index in [0.717, 1.165) is 16.7 Å². The molecule has 3 rings (SSSR count). The van der Waals surface area contributed by atoms with E-state index in [-0.39, 0.29) is 12.6 Å². The Kier molecular flexibility index (Phi) is 8.09. The molecule has 0 spiro atoms. The summed E-state index contributed by atoms with van der Waals surface area (Å²) in [6.45, 7) is 1.06. The summed E-state index contributed by atoms with van der Waals surface area (Å²) in [6, 6.07) is 22.4. The van der Waals surface area contributed by atoms with E-state index in [1.165, 1.54) is 0 Å². The number of hydrogen-bond acceptors (Lipinski definition) is 5. The molecule has 0 aliphatic heterocycles. The van der Waals surface area contributed by atoms with Gasteiger partial charge in [-0.25, -0.2) is 9.79 Å². The number of nitrogens with one attached hydrogen (secondary N) is 1. The maximum Gasteiger partial charge on any atom is 0.338 e. The molecule has 0 aliphatic rings. The Bertz CT molecular complexity index is 1070. The predicted octanol–water partition coefficient (Wildman–Crippen LogP) is 3.67. The van der Waals surface area contributed by atoms with Crippen LogP contribution < -0.4 is 20.5 Å². The molecule has 0 heterocycles. The number of benzene rings is 3. The third kappa shape index (κ3) is 6.50. The molecule has 0 atom stereocenters. The van der Waals surface area contributed by atoms with Crippen LogP contribution in [0.2, 0.25) is 0 Å². The quantitative estimate of drug-likeness (QED) is 0.304. The molecule has 0 saturated carbocycles. The standard InChI is InChI=1S/C25H27N3O4/c1-30-22-12-11-20(14-23(22)31-2)16-28-25(26)27-15-19-9-6-10-21(13-19)24(29)32-17-18-7-4-3-5-8-18/h3-14H,15-17H2,1-2H3,(H3,26,27,28). The maximum absolute atomic E-state index is 12.4. The molecule has 3 N–H and O–H groups in total. The Morgan fingerprint density at radius 1 is 0.875 bits per heavy atom. The Balaban J connectivity index is 1.53. The summed E-state index contributed by atoms with van der Waals surface area (Å²) in [5, 5.41) is 3.07. The van der Waals surface area contributed by atoms with Crippen molar-refractivity contribution in [3.8, 4) is 11.5 Å². The van der Waals surface area contributed by atoms with Gasteiger partial charge < -0.3 is 25.3 Å². The van der Waals surface area contributed by atoms with Crippen LogP contribution in [-0.2, 0) is 24.4 Å². The van der Waals surface area contributed by atoms with Crippen molar-refractivity contribution >= 4 is 11.9 Å². The Hall–Kier alpha value is -4.00. The van der Waals surface area contributed by atoms with Crippen molar-refractivity contribution in [2.24, 2.45) is 10.7 Å². The second-order valence-corrected chi connectivity index (χ2v) is 7.01. The van der Waals surface area contributed by atoms with E-state index < -0.39 is 0 Å². The molecule has 3 aromatic rings. The minimum absolute atomic E-state index is 0.231. The molecule has 0 amide bonds.